The predicted octanol–water partition coefficient (Wildman–Crippen LogP) is 1.17. The molecule has 0 saturated heterocycles. The number of nitrogens with one attached hydrogen (secondary N) is 1. The molecule has 1 atom stereocenters. The third-order valence-corrected chi connectivity index (χ3v) is 1.42. The van der Waals surface area contributed by atoms with Gasteiger partial charge in [0.05, 0.1) is 6.61 Å². The Balaban J connectivity index is 4.14. The van der Waals surface area contributed by atoms with Crippen molar-refractivity contribution >= 4 is 11.9 Å². The number of hydrogen-bond donors (Lipinski definition) is 1. The molecular weight excluding hydrogens is 227 g/mol. The standard InChI is InChI=1S/C9H12F3NO3/c1-3-16-7(14)5-4-6(2)13-8(15)9(10,11)12/h4-6H,3H2,1-2H3,(H,13,15)/b5-4+/t6-/m1/s1. The summed E-state index contributed by atoms with van der Waals surface area (Å²) in [6.45, 7) is 3.08. The first-order valence-corrected chi connectivity index (χ1v) is 4.50. The monoisotopic (exact) mass is 239 g/mol. The minimum Gasteiger partial charge on any atom is -0.463 e. The van der Waals surface area contributed by atoms with E-state index in [0.29, 0.717) is 0 Å². The normalized spacial score (nSPS) is 13.6. The van der Waals surface area contributed by atoms with Crippen LogP contribution in [0.1, 0.15) is 13.8 Å². The van der Waals surface area contributed by atoms with Crippen molar-refractivity contribution in [3.05, 3.63) is 12.2 Å². The highest BCUT2D eigenvalue weighted by Gasteiger charge is 2.38. The van der Waals surface area contributed by atoms with Crippen molar-refractivity contribution in [1.29, 1.82) is 0 Å². The third-order valence-electron chi connectivity index (χ3n) is 1.42. The summed E-state index contributed by atoms with van der Waals surface area (Å²) in [5.74, 6) is -2.72. The first-order chi connectivity index (χ1) is 7.27. The first kappa shape index (κ1) is 14.5. The Labute approximate surface area is 90.5 Å². The summed E-state index contributed by atoms with van der Waals surface area (Å²) < 4.78 is 39.9. The summed E-state index contributed by atoms with van der Waals surface area (Å²) in [5, 5.41) is 1.66. The highest BCUT2D eigenvalue weighted by atomic mass is 19.4. The number of alkyl halides is 3. The molecule has 0 aromatic heterocycles. The van der Waals surface area contributed by atoms with Crippen molar-refractivity contribution < 1.29 is 27.5 Å². The average Bonchev–Trinajstić information content (AvgIpc) is 2.13. The van der Waals surface area contributed by atoms with Crippen molar-refractivity contribution in [3.8, 4) is 0 Å². The highest BCUT2D eigenvalue weighted by Crippen LogP contribution is 2.14. The topological polar surface area (TPSA) is 55.4 Å². The fraction of sp³-hybridized carbons (Fsp3) is 0.556. The van der Waals surface area contributed by atoms with Crippen molar-refractivity contribution in [3.63, 3.8) is 0 Å². The van der Waals surface area contributed by atoms with E-state index in [0.717, 1.165) is 12.2 Å². The van der Waals surface area contributed by atoms with Crippen LogP contribution in [-0.2, 0) is 14.3 Å². The molecule has 0 bridgehead atoms. The van der Waals surface area contributed by atoms with Gasteiger partial charge in [0.15, 0.2) is 0 Å². The summed E-state index contributed by atoms with van der Waals surface area (Å²) >= 11 is 0. The van der Waals surface area contributed by atoms with Gasteiger partial charge >= 0.3 is 18.1 Å². The quantitative estimate of drug-likeness (QED) is 0.592. The van der Waals surface area contributed by atoms with Gasteiger partial charge in [0.25, 0.3) is 0 Å². The largest absolute Gasteiger partial charge is 0.471 e. The molecule has 0 rings (SSSR count). The molecule has 0 fully saturated rings. The molecule has 16 heavy (non-hydrogen) atoms. The van der Waals surface area contributed by atoms with Crippen LogP contribution >= 0.6 is 0 Å². The molecular formula is C9H12F3NO3. The van der Waals surface area contributed by atoms with Crippen LogP contribution in [0.5, 0.6) is 0 Å². The van der Waals surface area contributed by atoms with Gasteiger partial charge < -0.3 is 10.1 Å². The minimum atomic E-state index is -4.92. The van der Waals surface area contributed by atoms with Gasteiger partial charge in [-0.25, -0.2) is 4.79 Å². The van der Waals surface area contributed by atoms with Gasteiger partial charge in [-0.2, -0.15) is 13.2 Å². The van der Waals surface area contributed by atoms with Crippen LogP contribution in [0.15, 0.2) is 12.2 Å². The van der Waals surface area contributed by atoms with E-state index in [-0.39, 0.29) is 6.61 Å². The molecule has 0 heterocycles. The maximum atomic E-state index is 11.8. The number of hydrogen-bond acceptors (Lipinski definition) is 3. The zero-order valence-electron chi connectivity index (χ0n) is 8.80. The van der Waals surface area contributed by atoms with E-state index in [1.54, 1.807) is 12.2 Å². The van der Waals surface area contributed by atoms with Crippen LogP contribution in [0, 0.1) is 0 Å². The molecule has 1 N–H and O–H groups in total. The number of rotatable bonds is 4. The van der Waals surface area contributed by atoms with Crippen molar-refractivity contribution in [2.75, 3.05) is 6.61 Å². The van der Waals surface area contributed by atoms with Crippen LogP contribution in [0.2, 0.25) is 0 Å². The lowest BCUT2D eigenvalue weighted by Gasteiger charge is -2.11. The molecule has 0 radical (unpaired) electrons. The molecule has 0 unspecified atom stereocenters. The lowest BCUT2D eigenvalue weighted by molar-refractivity contribution is -0.173. The summed E-state index contributed by atoms with van der Waals surface area (Å²) in [6.07, 6.45) is -2.85. The van der Waals surface area contributed by atoms with E-state index in [2.05, 4.69) is 4.74 Å². The molecule has 0 aromatic rings. The van der Waals surface area contributed by atoms with Crippen LogP contribution in [0.4, 0.5) is 13.2 Å². The van der Waals surface area contributed by atoms with E-state index in [4.69, 9.17) is 0 Å². The molecule has 0 saturated carbocycles. The second kappa shape index (κ2) is 6.14. The highest BCUT2D eigenvalue weighted by molar-refractivity contribution is 5.83. The molecule has 7 heteroatoms. The average molecular weight is 239 g/mol. The van der Waals surface area contributed by atoms with Gasteiger partial charge in [-0.15, -0.1) is 0 Å². The zero-order valence-corrected chi connectivity index (χ0v) is 8.80. The Hall–Kier alpha value is -1.53. The zero-order chi connectivity index (χ0) is 12.8. The molecule has 0 aromatic carbocycles. The van der Waals surface area contributed by atoms with Crippen molar-refractivity contribution in [2.45, 2.75) is 26.1 Å². The Morgan fingerprint density at radius 2 is 2.00 bits per heavy atom. The SMILES string of the molecule is CCOC(=O)/C=C/[C@@H](C)NC(=O)C(F)(F)F. The lowest BCUT2D eigenvalue weighted by Crippen LogP contribution is -2.41. The smallest absolute Gasteiger partial charge is 0.463 e. The number of carbonyl (C=O) groups excluding carboxylic acids is 2. The Bertz CT molecular complexity index is 286. The fourth-order valence-electron chi connectivity index (χ4n) is 0.750. The van der Waals surface area contributed by atoms with Crippen LogP contribution < -0.4 is 5.32 Å². The molecule has 0 spiro atoms. The first-order valence-electron chi connectivity index (χ1n) is 4.50. The van der Waals surface area contributed by atoms with Gasteiger partial charge in [-0.3, -0.25) is 4.79 Å². The maximum absolute atomic E-state index is 11.8. The summed E-state index contributed by atoms with van der Waals surface area (Å²) in [6, 6.07) is -0.904. The van der Waals surface area contributed by atoms with E-state index in [9.17, 15) is 22.8 Å². The maximum Gasteiger partial charge on any atom is 0.471 e. The van der Waals surface area contributed by atoms with Crippen LogP contribution in [-0.4, -0.2) is 30.7 Å². The van der Waals surface area contributed by atoms with E-state index >= 15 is 0 Å². The number of ether oxygens (including phenoxy) is 1. The lowest BCUT2D eigenvalue weighted by atomic mass is 10.3. The summed E-state index contributed by atoms with van der Waals surface area (Å²) in [5.41, 5.74) is 0. The van der Waals surface area contributed by atoms with Gasteiger partial charge in [0.1, 0.15) is 0 Å². The number of amides is 1. The van der Waals surface area contributed by atoms with Crippen molar-refractivity contribution in [2.24, 2.45) is 0 Å². The second-order valence-corrected chi connectivity index (χ2v) is 2.87. The van der Waals surface area contributed by atoms with Gasteiger partial charge in [0, 0.05) is 12.1 Å². The molecule has 0 aliphatic rings. The molecule has 92 valence electrons. The second-order valence-electron chi connectivity index (χ2n) is 2.87. The number of carbonyl (C=O) groups is 2. The van der Waals surface area contributed by atoms with E-state index in [1.165, 1.54) is 6.92 Å². The molecule has 1 amide bonds. The van der Waals surface area contributed by atoms with E-state index in [1.807, 2.05) is 0 Å². The Kier molecular flexibility index (Phi) is 5.55. The van der Waals surface area contributed by atoms with Gasteiger partial charge in [0.2, 0.25) is 0 Å². The van der Waals surface area contributed by atoms with Crippen molar-refractivity contribution in [1.82, 2.24) is 5.32 Å². The molecule has 0 aliphatic heterocycles. The fourth-order valence-corrected chi connectivity index (χ4v) is 0.750. The predicted molar refractivity (Wildman–Crippen MR) is 49.4 cm³/mol. The van der Waals surface area contributed by atoms with Crippen LogP contribution in [0.3, 0.4) is 0 Å². The third kappa shape index (κ3) is 6.05. The Morgan fingerprint density at radius 1 is 1.44 bits per heavy atom. The van der Waals surface area contributed by atoms with Gasteiger partial charge in [-0.05, 0) is 13.8 Å². The molecule has 4 nitrogen and oxygen atoms in total. The summed E-state index contributed by atoms with van der Waals surface area (Å²) in [4.78, 5) is 21.2. The summed E-state index contributed by atoms with van der Waals surface area (Å²) in [7, 11) is 0. The molecule has 0 aliphatic carbocycles. The van der Waals surface area contributed by atoms with E-state index < -0.39 is 24.1 Å². The minimum absolute atomic E-state index is 0.173. The number of halogens is 3. The Morgan fingerprint density at radius 3 is 2.44 bits per heavy atom. The van der Waals surface area contributed by atoms with Crippen LogP contribution in [0.25, 0.3) is 0 Å². The number of esters is 1. The van der Waals surface area contributed by atoms with Gasteiger partial charge in [-0.1, -0.05) is 6.08 Å².